The fraction of sp³-hybridized carbons (Fsp3) is 0.433. The van der Waals surface area contributed by atoms with E-state index in [4.69, 9.17) is 23.7 Å². The number of ether oxygens (including phenoxy) is 5. The molecule has 4 rings (SSSR count). The molecule has 2 atom stereocenters. The Hall–Kier alpha value is -3.81. The minimum atomic E-state index is -0.530. The van der Waals surface area contributed by atoms with Crippen molar-refractivity contribution in [3.05, 3.63) is 52.6 Å². The van der Waals surface area contributed by atoms with Gasteiger partial charge in [0, 0.05) is 36.0 Å². The van der Waals surface area contributed by atoms with E-state index in [2.05, 4.69) is 0 Å². The summed E-state index contributed by atoms with van der Waals surface area (Å²) in [5, 5.41) is 0. The lowest BCUT2D eigenvalue weighted by molar-refractivity contribution is -0.135. The number of ketones is 1. The third kappa shape index (κ3) is 5.85. The highest BCUT2D eigenvalue weighted by Gasteiger charge is 2.37. The Morgan fingerprint density at radius 1 is 0.947 bits per heavy atom. The molecule has 0 fully saturated rings. The maximum Gasteiger partial charge on any atom is 0.342 e. The zero-order valence-electron chi connectivity index (χ0n) is 22.3. The zero-order chi connectivity index (χ0) is 27.2. The molecule has 8 heteroatoms. The number of hydrogen-bond donors (Lipinski definition) is 0. The van der Waals surface area contributed by atoms with Crippen molar-refractivity contribution >= 4 is 23.8 Å². The van der Waals surface area contributed by atoms with Crippen LogP contribution >= 0.6 is 0 Å². The lowest BCUT2D eigenvalue weighted by Crippen LogP contribution is -2.24. The van der Waals surface area contributed by atoms with Crippen molar-refractivity contribution in [3.8, 4) is 23.0 Å². The van der Waals surface area contributed by atoms with Gasteiger partial charge < -0.3 is 23.7 Å². The first-order valence-electron chi connectivity index (χ1n) is 12.9. The molecule has 0 spiro atoms. The first-order valence-corrected chi connectivity index (χ1v) is 12.9. The number of methoxy groups -OCH3 is 3. The largest absolute Gasteiger partial charge is 0.497 e. The molecule has 0 unspecified atom stereocenters. The molecule has 0 radical (unpaired) electrons. The summed E-state index contributed by atoms with van der Waals surface area (Å²) in [6.45, 7) is 1.82. The van der Waals surface area contributed by atoms with Gasteiger partial charge >= 0.3 is 11.9 Å². The van der Waals surface area contributed by atoms with Gasteiger partial charge in [0.05, 0.1) is 33.9 Å². The number of cyclic esters (lactones) is 1. The van der Waals surface area contributed by atoms with E-state index in [0.29, 0.717) is 66.2 Å². The van der Waals surface area contributed by atoms with Crippen LogP contribution in [0, 0.1) is 0 Å². The summed E-state index contributed by atoms with van der Waals surface area (Å²) in [5.74, 6) is 0.586. The quantitative estimate of drug-likeness (QED) is 0.376. The van der Waals surface area contributed by atoms with Crippen LogP contribution < -0.4 is 18.9 Å². The van der Waals surface area contributed by atoms with E-state index in [0.717, 1.165) is 12.0 Å². The minimum absolute atomic E-state index is 0.0418. The summed E-state index contributed by atoms with van der Waals surface area (Å²) in [6.07, 6.45) is 7.00. The van der Waals surface area contributed by atoms with Crippen LogP contribution in [0.3, 0.4) is 0 Å². The maximum atomic E-state index is 13.6. The number of allylic oxidation sites excluding steroid dienone is 1. The van der Waals surface area contributed by atoms with Crippen molar-refractivity contribution in [2.45, 2.75) is 63.9 Å². The maximum absolute atomic E-state index is 13.6. The number of carbonyl (C=O) groups is 3. The van der Waals surface area contributed by atoms with Gasteiger partial charge in [-0.3, -0.25) is 9.59 Å². The molecule has 0 aliphatic carbocycles. The predicted molar refractivity (Wildman–Crippen MR) is 141 cm³/mol. The van der Waals surface area contributed by atoms with E-state index in [1.807, 2.05) is 19.1 Å². The Labute approximate surface area is 222 Å². The van der Waals surface area contributed by atoms with Gasteiger partial charge in [0.15, 0.2) is 0 Å². The summed E-state index contributed by atoms with van der Waals surface area (Å²) in [7, 11) is 4.61. The number of Topliss-reactive ketones (excluding diaryl/α,β-unsaturated/α-hetero) is 1. The number of fused-ring (bicyclic) bond motifs is 2. The Morgan fingerprint density at radius 3 is 2.47 bits per heavy atom. The number of rotatable bonds is 4. The topological polar surface area (TPSA) is 97.4 Å². The van der Waals surface area contributed by atoms with E-state index in [1.54, 1.807) is 38.5 Å². The fourth-order valence-corrected chi connectivity index (χ4v) is 5.08. The van der Waals surface area contributed by atoms with Crippen LogP contribution in [-0.4, -0.2) is 45.2 Å². The third-order valence-corrected chi connectivity index (χ3v) is 6.98. The second kappa shape index (κ2) is 12.2. The van der Waals surface area contributed by atoms with Crippen LogP contribution in [0.25, 0.3) is 6.08 Å². The van der Waals surface area contributed by atoms with E-state index in [9.17, 15) is 14.4 Å². The van der Waals surface area contributed by atoms with Crippen molar-refractivity contribution in [3.63, 3.8) is 0 Å². The number of carbonyl (C=O) groups excluding carboxylic acids is 3. The summed E-state index contributed by atoms with van der Waals surface area (Å²) in [4.78, 5) is 38.4. The standard InChI is InChI=1S/C30H34O8/c1-18-9-8-12-20(31)11-7-5-6-10-19-15-25-28(29(36-4)27(19)30(33)37-18)23(17-26(32)38-25)22-14-13-21(34-2)16-24(22)35-3/h6,10,13-16,18,23H,5,7-9,11-12,17H2,1-4H3/t18-,23-/m0/s1. The van der Waals surface area contributed by atoms with E-state index >= 15 is 0 Å². The number of esters is 2. The second-order valence-corrected chi connectivity index (χ2v) is 9.57. The molecule has 2 aromatic carbocycles. The zero-order valence-corrected chi connectivity index (χ0v) is 22.3. The van der Waals surface area contributed by atoms with Crippen molar-refractivity contribution in [1.29, 1.82) is 0 Å². The van der Waals surface area contributed by atoms with Crippen LogP contribution in [-0.2, 0) is 14.3 Å². The molecule has 0 aromatic heterocycles. The van der Waals surface area contributed by atoms with Gasteiger partial charge in [0.1, 0.15) is 34.3 Å². The highest BCUT2D eigenvalue weighted by molar-refractivity contribution is 5.99. The molecule has 202 valence electrons. The van der Waals surface area contributed by atoms with Crippen LogP contribution in [0.4, 0.5) is 0 Å². The third-order valence-electron chi connectivity index (χ3n) is 6.98. The monoisotopic (exact) mass is 522 g/mol. The molecule has 8 nitrogen and oxygen atoms in total. The second-order valence-electron chi connectivity index (χ2n) is 9.57. The normalized spacial score (nSPS) is 20.4. The van der Waals surface area contributed by atoms with Gasteiger partial charge in [-0.25, -0.2) is 4.79 Å². The highest BCUT2D eigenvalue weighted by atomic mass is 16.5. The molecule has 0 bridgehead atoms. The van der Waals surface area contributed by atoms with E-state index in [-0.39, 0.29) is 23.9 Å². The lowest BCUT2D eigenvalue weighted by atomic mass is 9.83. The Bertz CT molecular complexity index is 1250. The van der Waals surface area contributed by atoms with E-state index in [1.165, 1.54) is 7.11 Å². The molecular weight excluding hydrogens is 488 g/mol. The average molecular weight is 523 g/mol. The summed E-state index contributed by atoms with van der Waals surface area (Å²) >= 11 is 0. The fourth-order valence-electron chi connectivity index (χ4n) is 5.08. The molecule has 38 heavy (non-hydrogen) atoms. The molecule has 0 saturated heterocycles. The van der Waals surface area contributed by atoms with Gasteiger partial charge in [-0.1, -0.05) is 18.2 Å². The van der Waals surface area contributed by atoms with Crippen molar-refractivity contribution in [2.75, 3.05) is 21.3 Å². The van der Waals surface area contributed by atoms with Crippen LogP contribution in [0.5, 0.6) is 23.0 Å². The molecule has 2 aliphatic rings. The molecule has 2 heterocycles. The highest BCUT2D eigenvalue weighted by Crippen LogP contribution is 2.49. The molecule has 0 amide bonds. The first-order chi connectivity index (χ1) is 18.4. The summed E-state index contributed by atoms with van der Waals surface area (Å²) in [5.41, 5.74) is 2.13. The number of benzene rings is 2. The Kier molecular flexibility index (Phi) is 8.71. The van der Waals surface area contributed by atoms with Crippen LogP contribution in [0.2, 0.25) is 0 Å². The molecule has 2 aromatic rings. The molecule has 0 saturated carbocycles. The van der Waals surface area contributed by atoms with Gasteiger partial charge in [-0.2, -0.15) is 0 Å². The van der Waals surface area contributed by atoms with Gasteiger partial charge in [0.25, 0.3) is 0 Å². The predicted octanol–water partition coefficient (Wildman–Crippen LogP) is 5.64. The lowest BCUT2D eigenvalue weighted by Gasteiger charge is -2.29. The SMILES string of the molecule is COc1ccc([C@@H]2CC(=O)Oc3cc4c(c(OC)c32)C(=O)O[C@@H](C)CCCC(=O)CCCC=C4)c(OC)c1. The molecular formula is C30H34O8. The summed E-state index contributed by atoms with van der Waals surface area (Å²) < 4.78 is 28.3. The number of hydrogen-bond acceptors (Lipinski definition) is 8. The average Bonchev–Trinajstić information content (AvgIpc) is 2.90. The van der Waals surface area contributed by atoms with Gasteiger partial charge in [-0.05, 0) is 50.3 Å². The Balaban J connectivity index is 1.88. The van der Waals surface area contributed by atoms with Crippen LogP contribution in [0.15, 0.2) is 30.3 Å². The molecule has 0 N–H and O–H groups in total. The van der Waals surface area contributed by atoms with Crippen molar-refractivity contribution < 1.29 is 38.1 Å². The minimum Gasteiger partial charge on any atom is -0.497 e. The van der Waals surface area contributed by atoms with Crippen molar-refractivity contribution in [1.82, 2.24) is 0 Å². The summed E-state index contributed by atoms with van der Waals surface area (Å²) in [6, 6.07) is 7.08. The smallest absolute Gasteiger partial charge is 0.342 e. The Morgan fingerprint density at radius 2 is 1.74 bits per heavy atom. The van der Waals surface area contributed by atoms with Crippen LogP contribution in [0.1, 0.15) is 84.8 Å². The van der Waals surface area contributed by atoms with E-state index < -0.39 is 17.9 Å². The molecule has 2 aliphatic heterocycles. The first kappa shape index (κ1) is 27.2. The van der Waals surface area contributed by atoms with Gasteiger partial charge in [0.2, 0.25) is 0 Å². The van der Waals surface area contributed by atoms with Crippen molar-refractivity contribution in [2.24, 2.45) is 0 Å². The van der Waals surface area contributed by atoms with Gasteiger partial charge in [-0.15, -0.1) is 0 Å².